The van der Waals surface area contributed by atoms with Crippen LogP contribution in [0.4, 0.5) is 0 Å². The Labute approximate surface area is 102 Å². The van der Waals surface area contributed by atoms with Crippen molar-refractivity contribution < 1.29 is 9.84 Å². The molecule has 0 bridgehead atoms. The van der Waals surface area contributed by atoms with E-state index in [1.807, 2.05) is 26.8 Å². The minimum absolute atomic E-state index is 0.195. The standard InChI is InChI=1S/C13H20N2O2/c1-12(2,3)13(16,11-7-5-9-17-11)10-6-4-8-14-15-10/h4,6,8,11,16H,5,7,9H2,1-3H3. The van der Waals surface area contributed by atoms with Crippen LogP contribution < -0.4 is 0 Å². The van der Waals surface area contributed by atoms with Crippen LogP contribution in [-0.4, -0.2) is 28.0 Å². The summed E-state index contributed by atoms with van der Waals surface area (Å²) in [5.41, 5.74) is -0.838. The average Bonchev–Trinajstić information content (AvgIpc) is 2.81. The molecule has 0 saturated carbocycles. The van der Waals surface area contributed by atoms with Crippen LogP contribution in [0.15, 0.2) is 18.3 Å². The quantitative estimate of drug-likeness (QED) is 0.852. The minimum Gasteiger partial charge on any atom is -0.380 e. The van der Waals surface area contributed by atoms with Gasteiger partial charge in [-0.1, -0.05) is 20.8 Å². The lowest BCUT2D eigenvalue weighted by Gasteiger charge is -2.43. The van der Waals surface area contributed by atoms with Gasteiger partial charge in [-0.3, -0.25) is 0 Å². The SMILES string of the molecule is CC(C)(C)C(O)(c1cccnn1)C1CCCO1. The fraction of sp³-hybridized carbons (Fsp3) is 0.692. The smallest absolute Gasteiger partial charge is 0.139 e. The average molecular weight is 236 g/mol. The molecular weight excluding hydrogens is 216 g/mol. The van der Waals surface area contributed by atoms with Crippen molar-refractivity contribution in [1.82, 2.24) is 10.2 Å². The summed E-state index contributed by atoms with van der Waals surface area (Å²) >= 11 is 0. The van der Waals surface area contributed by atoms with Gasteiger partial charge in [0.05, 0.1) is 11.8 Å². The summed E-state index contributed by atoms with van der Waals surface area (Å²) < 4.78 is 5.68. The topological polar surface area (TPSA) is 55.2 Å². The van der Waals surface area contributed by atoms with E-state index in [-0.39, 0.29) is 11.5 Å². The molecule has 2 unspecified atom stereocenters. The molecule has 0 amide bonds. The number of nitrogens with zero attached hydrogens (tertiary/aromatic N) is 2. The summed E-state index contributed by atoms with van der Waals surface area (Å²) in [7, 11) is 0. The van der Waals surface area contributed by atoms with Gasteiger partial charge in [0.1, 0.15) is 5.60 Å². The lowest BCUT2D eigenvalue weighted by atomic mass is 9.70. The van der Waals surface area contributed by atoms with E-state index < -0.39 is 5.60 Å². The van der Waals surface area contributed by atoms with Crippen LogP contribution in [0.1, 0.15) is 39.3 Å². The minimum atomic E-state index is -1.09. The Morgan fingerprint density at radius 2 is 2.18 bits per heavy atom. The Bertz CT molecular complexity index is 369. The fourth-order valence-electron chi connectivity index (χ4n) is 2.44. The van der Waals surface area contributed by atoms with Gasteiger partial charge in [0.15, 0.2) is 0 Å². The maximum atomic E-state index is 11.1. The largest absolute Gasteiger partial charge is 0.380 e. The van der Waals surface area contributed by atoms with Crippen LogP contribution in [0.2, 0.25) is 0 Å². The van der Waals surface area contributed by atoms with Gasteiger partial charge >= 0.3 is 0 Å². The highest BCUT2D eigenvalue weighted by Crippen LogP contribution is 2.44. The molecule has 4 nitrogen and oxygen atoms in total. The van der Waals surface area contributed by atoms with Gasteiger partial charge in [0.25, 0.3) is 0 Å². The van der Waals surface area contributed by atoms with Gasteiger partial charge in [0.2, 0.25) is 0 Å². The first-order valence-electron chi connectivity index (χ1n) is 6.08. The number of aliphatic hydroxyl groups is 1. The van der Waals surface area contributed by atoms with Crippen molar-refractivity contribution in [2.24, 2.45) is 5.41 Å². The molecule has 1 N–H and O–H groups in total. The van der Waals surface area contributed by atoms with E-state index >= 15 is 0 Å². The Kier molecular flexibility index (Phi) is 3.19. The Balaban J connectivity index is 2.44. The third-order valence-corrected chi connectivity index (χ3v) is 3.50. The molecule has 1 saturated heterocycles. The van der Waals surface area contributed by atoms with Crippen molar-refractivity contribution in [3.8, 4) is 0 Å². The second-order valence-corrected chi connectivity index (χ2v) is 5.63. The highest BCUT2D eigenvalue weighted by atomic mass is 16.5. The highest BCUT2D eigenvalue weighted by molar-refractivity contribution is 5.17. The molecule has 0 aliphatic carbocycles. The van der Waals surface area contributed by atoms with Crippen molar-refractivity contribution in [2.45, 2.75) is 45.3 Å². The predicted molar refractivity (Wildman–Crippen MR) is 64.4 cm³/mol. The first-order valence-corrected chi connectivity index (χ1v) is 6.08. The first-order chi connectivity index (χ1) is 7.96. The molecule has 1 aliphatic heterocycles. The van der Waals surface area contributed by atoms with Gasteiger partial charge in [-0.15, -0.1) is 0 Å². The molecule has 2 atom stereocenters. The van der Waals surface area contributed by atoms with E-state index in [9.17, 15) is 5.11 Å². The van der Waals surface area contributed by atoms with Gasteiger partial charge in [0, 0.05) is 12.8 Å². The van der Waals surface area contributed by atoms with Crippen LogP contribution in [0.5, 0.6) is 0 Å². The Morgan fingerprint density at radius 1 is 1.41 bits per heavy atom. The zero-order chi connectivity index (χ0) is 12.5. The van der Waals surface area contributed by atoms with E-state index in [1.54, 1.807) is 12.3 Å². The second kappa shape index (κ2) is 4.35. The van der Waals surface area contributed by atoms with Crippen LogP contribution in [0.3, 0.4) is 0 Å². The molecule has 2 rings (SSSR count). The molecule has 0 aromatic carbocycles. The molecule has 1 aliphatic rings. The van der Waals surface area contributed by atoms with Gasteiger partial charge in [-0.2, -0.15) is 10.2 Å². The predicted octanol–water partition coefficient (Wildman–Crippen LogP) is 1.89. The summed E-state index contributed by atoms with van der Waals surface area (Å²) in [5.74, 6) is 0. The summed E-state index contributed by atoms with van der Waals surface area (Å²) in [6.07, 6.45) is 3.27. The van der Waals surface area contributed by atoms with Crippen molar-refractivity contribution in [3.63, 3.8) is 0 Å². The van der Waals surface area contributed by atoms with E-state index in [0.717, 1.165) is 12.8 Å². The Morgan fingerprint density at radius 3 is 2.65 bits per heavy atom. The molecule has 1 aromatic rings. The molecule has 0 radical (unpaired) electrons. The Hall–Kier alpha value is -1.00. The highest BCUT2D eigenvalue weighted by Gasteiger charge is 2.51. The number of hydrogen-bond donors (Lipinski definition) is 1. The van der Waals surface area contributed by atoms with Gasteiger partial charge in [-0.25, -0.2) is 0 Å². The summed E-state index contributed by atoms with van der Waals surface area (Å²) in [6, 6.07) is 3.62. The van der Waals surface area contributed by atoms with Crippen LogP contribution in [0, 0.1) is 5.41 Å². The van der Waals surface area contributed by atoms with E-state index in [2.05, 4.69) is 10.2 Å². The molecule has 1 aromatic heterocycles. The monoisotopic (exact) mass is 236 g/mol. The number of ether oxygens (including phenoxy) is 1. The molecule has 0 spiro atoms. The zero-order valence-corrected chi connectivity index (χ0v) is 10.7. The maximum Gasteiger partial charge on any atom is 0.139 e. The third-order valence-electron chi connectivity index (χ3n) is 3.50. The van der Waals surface area contributed by atoms with Crippen molar-refractivity contribution in [3.05, 3.63) is 24.0 Å². The van der Waals surface area contributed by atoms with Crippen LogP contribution in [0.25, 0.3) is 0 Å². The maximum absolute atomic E-state index is 11.1. The van der Waals surface area contributed by atoms with Crippen LogP contribution >= 0.6 is 0 Å². The number of aromatic nitrogens is 2. The summed E-state index contributed by atoms with van der Waals surface area (Å²) in [6.45, 7) is 6.72. The first kappa shape index (κ1) is 12.5. The van der Waals surface area contributed by atoms with Gasteiger partial charge in [-0.05, 0) is 30.4 Å². The van der Waals surface area contributed by atoms with Gasteiger partial charge < -0.3 is 9.84 Å². The third kappa shape index (κ3) is 2.07. The molecular formula is C13H20N2O2. The van der Waals surface area contributed by atoms with Crippen LogP contribution in [-0.2, 0) is 10.3 Å². The van der Waals surface area contributed by atoms with Crippen molar-refractivity contribution in [1.29, 1.82) is 0 Å². The lowest BCUT2D eigenvalue weighted by molar-refractivity contribution is -0.157. The van der Waals surface area contributed by atoms with Crippen molar-refractivity contribution in [2.75, 3.05) is 6.61 Å². The normalized spacial score (nSPS) is 24.6. The van der Waals surface area contributed by atoms with E-state index in [1.165, 1.54) is 0 Å². The lowest BCUT2D eigenvalue weighted by Crippen LogP contribution is -2.50. The molecule has 1 fully saturated rings. The second-order valence-electron chi connectivity index (χ2n) is 5.63. The molecule has 4 heteroatoms. The fourth-order valence-corrected chi connectivity index (χ4v) is 2.44. The van der Waals surface area contributed by atoms with Crippen molar-refractivity contribution >= 4 is 0 Å². The molecule has 17 heavy (non-hydrogen) atoms. The molecule has 94 valence electrons. The van der Waals surface area contributed by atoms with E-state index in [4.69, 9.17) is 4.74 Å². The summed E-state index contributed by atoms with van der Waals surface area (Å²) in [4.78, 5) is 0. The zero-order valence-electron chi connectivity index (χ0n) is 10.7. The molecule has 2 heterocycles. The van der Waals surface area contributed by atoms with E-state index in [0.29, 0.717) is 12.3 Å². The number of rotatable bonds is 2. The summed E-state index contributed by atoms with van der Waals surface area (Å²) in [5, 5.41) is 19.0. The number of hydrogen-bond acceptors (Lipinski definition) is 4.